The molecule has 0 spiro atoms. The second-order valence-electron chi connectivity index (χ2n) is 4.95. The summed E-state index contributed by atoms with van der Waals surface area (Å²) in [6, 6.07) is 3.76. The number of hydrogen-bond acceptors (Lipinski definition) is 5. The summed E-state index contributed by atoms with van der Waals surface area (Å²) in [6.07, 6.45) is 0. The summed E-state index contributed by atoms with van der Waals surface area (Å²) in [6.45, 7) is 6.20. The molecule has 0 radical (unpaired) electrons. The molecule has 0 saturated carbocycles. The van der Waals surface area contributed by atoms with Gasteiger partial charge in [-0.05, 0) is 38.8 Å². The van der Waals surface area contributed by atoms with Crippen molar-refractivity contribution in [2.45, 2.75) is 38.6 Å². The first kappa shape index (κ1) is 17.1. The lowest BCUT2D eigenvalue weighted by atomic mass is 10.1. The summed E-state index contributed by atoms with van der Waals surface area (Å²) in [4.78, 5) is 10.2. The number of nitrogens with zero attached hydrogens (tertiary/aromatic N) is 3. The zero-order valence-electron chi connectivity index (χ0n) is 12.3. The van der Waals surface area contributed by atoms with Gasteiger partial charge >= 0.3 is 0 Å². The number of nitriles is 1. The van der Waals surface area contributed by atoms with Gasteiger partial charge in [-0.15, -0.1) is 0 Å². The van der Waals surface area contributed by atoms with Gasteiger partial charge in [0.15, 0.2) is 0 Å². The summed E-state index contributed by atoms with van der Waals surface area (Å²) in [5.41, 5.74) is 0.685. The minimum absolute atomic E-state index is 0.127. The van der Waals surface area contributed by atoms with E-state index in [1.165, 1.54) is 6.07 Å². The van der Waals surface area contributed by atoms with Crippen LogP contribution in [-0.4, -0.2) is 30.2 Å². The SMILES string of the molecule is Cc1cc([N+](=O)[O-])cc(S(=O)(=O)N(CC#N)C(C)C)c1C. The number of nitro groups is 1. The van der Waals surface area contributed by atoms with E-state index in [9.17, 15) is 18.5 Å². The molecule has 8 heteroatoms. The number of rotatable bonds is 5. The van der Waals surface area contributed by atoms with Crippen LogP contribution in [0.25, 0.3) is 0 Å². The number of hydrogen-bond donors (Lipinski definition) is 0. The monoisotopic (exact) mass is 311 g/mol. The van der Waals surface area contributed by atoms with Gasteiger partial charge in [0.25, 0.3) is 5.69 Å². The Labute approximate surface area is 124 Å². The Kier molecular flexibility index (Phi) is 5.04. The Morgan fingerprint density at radius 3 is 2.38 bits per heavy atom. The third kappa shape index (κ3) is 3.37. The fourth-order valence-electron chi connectivity index (χ4n) is 1.92. The molecule has 0 atom stereocenters. The van der Waals surface area contributed by atoms with Crippen LogP contribution in [0.1, 0.15) is 25.0 Å². The molecule has 0 fully saturated rings. The maximum absolute atomic E-state index is 12.7. The average molecular weight is 311 g/mol. The molecule has 7 nitrogen and oxygen atoms in total. The summed E-state index contributed by atoms with van der Waals surface area (Å²) >= 11 is 0. The normalized spacial score (nSPS) is 11.7. The molecule has 0 amide bonds. The Balaban J connectivity index is 3.57. The Morgan fingerprint density at radius 1 is 1.38 bits per heavy atom. The van der Waals surface area contributed by atoms with Gasteiger partial charge in [-0.25, -0.2) is 8.42 Å². The minimum Gasteiger partial charge on any atom is -0.258 e. The van der Waals surface area contributed by atoms with Crippen LogP contribution in [0.2, 0.25) is 0 Å². The third-order valence-electron chi connectivity index (χ3n) is 3.20. The van der Waals surface area contributed by atoms with Crippen LogP contribution in [0.3, 0.4) is 0 Å². The van der Waals surface area contributed by atoms with E-state index in [0.29, 0.717) is 11.1 Å². The standard InChI is InChI=1S/C13H17N3O4S/c1-9(2)15(6-5-14)21(19,20)13-8-12(16(17)18)7-10(3)11(13)4/h7-9H,6H2,1-4H3. The molecule has 114 valence electrons. The highest BCUT2D eigenvalue weighted by Crippen LogP contribution is 2.28. The van der Waals surface area contributed by atoms with Crippen LogP contribution in [0.4, 0.5) is 5.69 Å². The van der Waals surface area contributed by atoms with Crippen molar-refractivity contribution in [2.75, 3.05) is 6.54 Å². The number of sulfonamides is 1. The zero-order valence-corrected chi connectivity index (χ0v) is 13.1. The highest BCUT2D eigenvalue weighted by molar-refractivity contribution is 7.89. The second kappa shape index (κ2) is 6.20. The minimum atomic E-state index is -3.97. The molecule has 0 heterocycles. The fraction of sp³-hybridized carbons (Fsp3) is 0.462. The van der Waals surface area contributed by atoms with Crippen LogP contribution in [0, 0.1) is 35.3 Å². The summed E-state index contributed by atoms with van der Waals surface area (Å²) in [5.74, 6) is 0. The predicted octanol–water partition coefficient (Wildman–Crippen LogP) is 2.13. The molecule has 21 heavy (non-hydrogen) atoms. The molecule has 0 N–H and O–H groups in total. The molecular formula is C13H17N3O4S. The number of benzene rings is 1. The van der Waals surface area contributed by atoms with E-state index in [0.717, 1.165) is 10.4 Å². The van der Waals surface area contributed by atoms with E-state index in [2.05, 4.69) is 0 Å². The van der Waals surface area contributed by atoms with Gasteiger partial charge in [-0.3, -0.25) is 10.1 Å². The fourth-order valence-corrected chi connectivity index (χ4v) is 3.78. The first-order chi connectivity index (χ1) is 9.62. The summed E-state index contributed by atoms with van der Waals surface area (Å²) < 4.78 is 26.4. The van der Waals surface area contributed by atoms with Gasteiger partial charge in [0.1, 0.15) is 6.54 Å². The molecule has 1 rings (SSSR count). The highest BCUT2D eigenvalue weighted by atomic mass is 32.2. The van der Waals surface area contributed by atoms with Crippen LogP contribution >= 0.6 is 0 Å². The van der Waals surface area contributed by atoms with Crippen molar-refractivity contribution in [1.29, 1.82) is 5.26 Å². The van der Waals surface area contributed by atoms with Crippen molar-refractivity contribution >= 4 is 15.7 Å². The van der Waals surface area contributed by atoms with Crippen LogP contribution in [-0.2, 0) is 10.0 Å². The maximum atomic E-state index is 12.7. The molecule has 0 aliphatic carbocycles. The number of nitro benzene ring substituents is 1. The molecule has 0 unspecified atom stereocenters. The Hall–Kier alpha value is -1.98. The predicted molar refractivity (Wildman–Crippen MR) is 77.2 cm³/mol. The van der Waals surface area contributed by atoms with Gasteiger partial charge in [0, 0.05) is 18.2 Å². The van der Waals surface area contributed by atoms with E-state index in [4.69, 9.17) is 5.26 Å². The third-order valence-corrected chi connectivity index (χ3v) is 5.35. The summed E-state index contributed by atoms with van der Waals surface area (Å²) in [7, 11) is -3.97. The Bertz CT molecular complexity index is 705. The van der Waals surface area contributed by atoms with Crippen LogP contribution in [0.5, 0.6) is 0 Å². The van der Waals surface area contributed by atoms with E-state index >= 15 is 0 Å². The van der Waals surface area contributed by atoms with Gasteiger partial charge in [-0.1, -0.05) is 0 Å². The van der Waals surface area contributed by atoms with Crippen molar-refractivity contribution < 1.29 is 13.3 Å². The molecule has 0 aromatic heterocycles. The Morgan fingerprint density at radius 2 is 1.95 bits per heavy atom. The number of aryl methyl sites for hydroxylation is 1. The smallest absolute Gasteiger partial charge is 0.258 e. The number of non-ortho nitro benzene ring substituents is 1. The molecule has 0 aliphatic heterocycles. The zero-order chi connectivity index (χ0) is 16.4. The van der Waals surface area contributed by atoms with Gasteiger partial charge in [0.05, 0.1) is 15.9 Å². The van der Waals surface area contributed by atoms with E-state index in [1.54, 1.807) is 27.7 Å². The van der Waals surface area contributed by atoms with Gasteiger partial charge in [-0.2, -0.15) is 9.57 Å². The average Bonchev–Trinajstić information content (AvgIpc) is 2.37. The van der Waals surface area contributed by atoms with Crippen LogP contribution < -0.4 is 0 Å². The topological polar surface area (TPSA) is 104 Å². The lowest BCUT2D eigenvalue weighted by Crippen LogP contribution is -2.37. The van der Waals surface area contributed by atoms with E-state index < -0.39 is 21.0 Å². The molecule has 1 aromatic carbocycles. The van der Waals surface area contributed by atoms with Crippen molar-refractivity contribution in [1.82, 2.24) is 4.31 Å². The maximum Gasteiger partial charge on any atom is 0.271 e. The van der Waals surface area contributed by atoms with E-state index in [1.807, 2.05) is 6.07 Å². The second-order valence-corrected chi connectivity index (χ2v) is 6.80. The summed E-state index contributed by atoms with van der Waals surface area (Å²) in [5, 5.41) is 19.7. The van der Waals surface area contributed by atoms with Gasteiger partial charge in [0.2, 0.25) is 10.0 Å². The highest BCUT2D eigenvalue weighted by Gasteiger charge is 2.30. The molecule has 1 aromatic rings. The van der Waals surface area contributed by atoms with Gasteiger partial charge < -0.3 is 0 Å². The van der Waals surface area contributed by atoms with Crippen molar-refractivity contribution in [3.63, 3.8) is 0 Å². The van der Waals surface area contributed by atoms with Crippen molar-refractivity contribution in [2.24, 2.45) is 0 Å². The molecule has 0 bridgehead atoms. The molecular weight excluding hydrogens is 294 g/mol. The first-order valence-corrected chi connectivity index (χ1v) is 7.71. The largest absolute Gasteiger partial charge is 0.271 e. The molecule has 0 saturated heterocycles. The first-order valence-electron chi connectivity index (χ1n) is 6.27. The van der Waals surface area contributed by atoms with Crippen molar-refractivity contribution in [3.8, 4) is 6.07 Å². The van der Waals surface area contributed by atoms with Crippen LogP contribution in [0.15, 0.2) is 17.0 Å². The van der Waals surface area contributed by atoms with Crippen molar-refractivity contribution in [3.05, 3.63) is 33.4 Å². The lowest BCUT2D eigenvalue weighted by molar-refractivity contribution is -0.385. The lowest BCUT2D eigenvalue weighted by Gasteiger charge is -2.24. The molecule has 0 aliphatic rings. The quantitative estimate of drug-likeness (QED) is 0.470. The van der Waals surface area contributed by atoms with E-state index in [-0.39, 0.29) is 17.1 Å².